The van der Waals surface area contributed by atoms with E-state index in [1.165, 1.54) is 212 Å². The number of allylic oxidation sites excluding steroid dienone is 6. The summed E-state index contributed by atoms with van der Waals surface area (Å²) < 4.78 is 11.2. The molecule has 0 aromatic heterocycles. The Kier molecular flexibility index (Phi) is 50.4. The summed E-state index contributed by atoms with van der Waals surface area (Å²) in [5.74, 6) is -0.704. The number of hydrogen-bond donors (Lipinski definition) is 8. The molecule has 1 fully saturated rings. The van der Waals surface area contributed by atoms with Gasteiger partial charge in [0, 0.05) is 0 Å². The molecule has 11 heteroatoms. The lowest BCUT2D eigenvalue weighted by Gasteiger charge is -2.40. The number of ether oxygens (including phenoxy) is 2. The average Bonchev–Trinajstić information content (AvgIpc) is 3.41. The van der Waals surface area contributed by atoms with E-state index < -0.39 is 74.2 Å². The minimum Gasteiger partial charge on any atom is -0.394 e. The van der Waals surface area contributed by atoms with Gasteiger partial charge in [-0.2, -0.15) is 0 Å². The van der Waals surface area contributed by atoms with Gasteiger partial charge in [0.05, 0.1) is 25.4 Å². The fourth-order valence-corrected chi connectivity index (χ4v) is 10.2. The summed E-state index contributed by atoms with van der Waals surface area (Å²) in [7, 11) is 0. The molecule has 8 N–H and O–H groups in total. The smallest absolute Gasteiger partial charge is 0.249 e. The van der Waals surface area contributed by atoms with Gasteiger partial charge in [0.15, 0.2) is 6.29 Å². The number of rotatable bonds is 55. The van der Waals surface area contributed by atoms with Crippen molar-refractivity contribution in [2.24, 2.45) is 0 Å². The van der Waals surface area contributed by atoms with Gasteiger partial charge in [-0.3, -0.25) is 4.79 Å². The van der Waals surface area contributed by atoms with Gasteiger partial charge < -0.3 is 50.5 Å². The second-order valence-electron chi connectivity index (χ2n) is 22.5. The summed E-state index contributed by atoms with van der Waals surface area (Å²) in [5.41, 5.74) is 0. The quantitative estimate of drug-likeness (QED) is 0.0215. The summed E-state index contributed by atoms with van der Waals surface area (Å²) >= 11 is 0. The Labute approximate surface area is 460 Å². The Bertz CT molecular complexity index is 1310. The number of unbranched alkanes of at least 4 members (excludes halogenated alkanes) is 37. The molecule has 0 aromatic carbocycles. The molecule has 9 unspecified atom stereocenters. The first-order chi connectivity index (χ1) is 36.7. The molecule has 75 heavy (non-hydrogen) atoms. The largest absolute Gasteiger partial charge is 0.394 e. The first-order valence-corrected chi connectivity index (χ1v) is 31.9. The Morgan fingerprint density at radius 1 is 0.467 bits per heavy atom. The van der Waals surface area contributed by atoms with Crippen LogP contribution in [0.3, 0.4) is 0 Å². The van der Waals surface area contributed by atoms with Gasteiger partial charge in [-0.15, -0.1) is 0 Å². The Balaban J connectivity index is 2.24. The average molecular weight is 1060 g/mol. The van der Waals surface area contributed by atoms with Gasteiger partial charge in [-0.05, 0) is 70.6 Å². The zero-order chi connectivity index (χ0) is 54.7. The van der Waals surface area contributed by atoms with Crippen molar-refractivity contribution >= 4 is 5.91 Å². The number of carbonyl (C=O) groups is 1. The summed E-state index contributed by atoms with van der Waals surface area (Å²) in [5, 5.41) is 76.2. The third-order valence-electron chi connectivity index (χ3n) is 15.4. The van der Waals surface area contributed by atoms with Crippen LogP contribution in [0.2, 0.25) is 0 Å². The highest BCUT2D eigenvalue weighted by Gasteiger charge is 2.44. The maximum atomic E-state index is 13.2. The van der Waals surface area contributed by atoms with Crippen molar-refractivity contribution in [3.8, 4) is 0 Å². The highest BCUT2D eigenvalue weighted by Crippen LogP contribution is 2.23. The summed E-state index contributed by atoms with van der Waals surface area (Å²) in [4.78, 5) is 13.2. The highest BCUT2D eigenvalue weighted by molar-refractivity contribution is 5.80. The van der Waals surface area contributed by atoms with E-state index in [2.05, 4.69) is 55.6 Å². The lowest BCUT2D eigenvalue weighted by atomic mass is 9.98. The van der Waals surface area contributed by atoms with Crippen molar-refractivity contribution in [2.75, 3.05) is 13.2 Å². The number of aliphatic hydroxyl groups is 7. The van der Waals surface area contributed by atoms with Crippen molar-refractivity contribution in [3.05, 3.63) is 36.5 Å². The standard InChI is InChI=1S/C64H121NO10/c1-3-5-7-9-11-13-15-17-19-21-23-24-25-26-27-28-29-30-31-32-33-34-36-38-40-42-44-46-48-50-52-57(68)63(73)65-55(54-74-64-62(72)61(71)60(70)58(53-66)75-64)59(69)56(67)51-49-47-45-43-41-39-37-35-22-20-18-16-14-12-10-8-6-4-2/h23-24,26-27,43,45,55-62,64,66-72H,3-22,25,28-42,44,46-54H2,1-2H3,(H,65,73)/b24-23-,27-26-,45-43+. The number of nitrogens with one attached hydrogen (secondary N) is 1. The summed E-state index contributed by atoms with van der Waals surface area (Å²) in [6.45, 7) is 3.47. The maximum absolute atomic E-state index is 13.2. The predicted molar refractivity (Wildman–Crippen MR) is 312 cm³/mol. The molecule has 1 rings (SSSR count). The molecular weight excluding hydrogens is 943 g/mol. The monoisotopic (exact) mass is 1060 g/mol. The van der Waals surface area contributed by atoms with E-state index in [4.69, 9.17) is 9.47 Å². The van der Waals surface area contributed by atoms with Crippen LogP contribution in [0.1, 0.15) is 296 Å². The number of amides is 1. The van der Waals surface area contributed by atoms with E-state index in [9.17, 15) is 40.5 Å². The summed E-state index contributed by atoms with van der Waals surface area (Å²) in [6.07, 6.45) is 55.0. The SMILES string of the molecule is CCCCCCCCCCC/C=C\C/C=C\CCCCCCCCCCCCCCCCC(O)C(=O)NC(COC1OC(CO)C(O)C(O)C1O)C(O)C(O)CCC/C=C/CCCCCCCCCCCCCCC. The van der Waals surface area contributed by atoms with E-state index in [1.54, 1.807) is 0 Å². The van der Waals surface area contributed by atoms with Crippen molar-refractivity contribution in [1.82, 2.24) is 5.32 Å². The fourth-order valence-electron chi connectivity index (χ4n) is 10.2. The van der Waals surface area contributed by atoms with Crippen molar-refractivity contribution < 1.29 is 50.0 Å². The molecule has 0 spiro atoms. The van der Waals surface area contributed by atoms with E-state index in [0.717, 1.165) is 44.9 Å². The van der Waals surface area contributed by atoms with Crippen LogP contribution in [0.25, 0.3) is 0 Å². The maximum Gasteiger partial charge on any atom is 0.249 e. The van der Waals surface area contributed by atoms with Gasteiger partial charge >= 0.3 is 0 Å². The molecule has 442 valence electrons. The summed E-state index contributed by atoms with van der Waals surface area (Å²) in [6, 6.07) is -1.19. The minimum atomic E-state index is -1.67. The highest BCUT2D eigenvalue weighted by atomic mass is 16.7. The second kappa shape index (κ2) is 53.0. The van der Waals surface area contributed by atoms with E-state index in [-0.39, 0.29) is 12.8 Å². The molecule has 0 radical (unpaired) electrons. The number of aliphatic hydroxyl groups excluding tert-OH is 7. The Morgan fingerprint density at radius 2 is 0.827 bits per heavy atom. The molecule has 0 aromatic rings. The molecule has 1 saturated heterocycles. The molecule has 1 amide bonds. The van der Waals surface area contributed by atoms with Crippen LogP contribution in [0.15, 0.2) is 36.5 Å². The molecule has 9 atom stereocenters. The number of carbonyl (C=O) groups excluding carboxylic acids is 1. The van der Waals surface area contributed by atoms with Crippen molar-refractivity contribution in [1.29, 1.82) is 0 Å². The fraction of sp³-hybridized carbons (Fsp3) is 0.891. The van der Waals surface area contributed by atoms with Gasteiger partial charge in [-0.25, -0.2) is 0 Å². The van der Waals surface area contributed by atoms with Crippen molar-refractivity contribution in [3.63, 3.8) is 0 Å². The third-order valence-corrected chi connectivity index (χ3v) is 15.4. The van der Waals surface area contributed by atoms with Gasteiger partial charge in [0.1, 0.15) is 36.6 Å². The van der Waals surface area contributed by atoms with Gasteiger partial charge in [0.25, 0.3) is 0 Å². The van der Waals surface area contributed by atoms with E-state index in [0.29, 0.717) is 12.8 Å². The molecular formula is C64H121NO10. The van der Waals surface area contributed by atoms with Crippen LogP contribution in [0.5, 0.6) is 0 Å². The number of hydrogen-bond acceptors (Lipinski definition) is 10. The first-order valence-electron chi connectivity index (χ1n) is 31.9. The van der Waals surface area contributed by atoms with Gasteiger partial charge in [0.2, 0.25) is 5.91 Å². The lowest BCUT2D eigenvalue weighted by molar-refractivity contribution is -0.303. The third kappa shape index (κ3) is 41.1. The van der Waals surface area contributed by atoms with E-state index >= 15 is 0 Å². The van der Waals surface area contributed by atoms with Crippen molar-refractivity contribution in [2.45, 2.75) is 351 Å². The first kappa shape index (κ1) is 71.3. The van der Waals surface area contributed by atoms with Crippen LogP contribution in [-0.4, -0.2) is 110 Å². The normalized spacial score (nSPS) is 19.9. The molecule has 0 aliphatic carbocycles. The van der Waals surface area contributed by atoms with Crippen LogP contribution in [-0.2, 0) is 14.3 Å². The topological polar surface area (TPSA) is 189 Å². The predicted octanol–water partition coefficient (Wildman–Crippen LogP) is 14.2. The molecule has 0 saturated carbocycles. The van der Waals surface area contributed by atoms with Crippen LogP contribution >= 0.6 is 0 Å². The van der Waals surface area contributed by atoms with E-state index in [1.807, 2.05) is 0 Å². The lowest BCUT2D eigenvalue weighted by Crippen LogP contribution is -2.60. The van der Waals surface area contributed by atoms with Gasteiger partial charge in [-0.1, -0.05) is 262 Å². The molecule has 11 nitrogen and oxygen atoms in total. The second-order valence-corrected chi connectivity index (χ2v) is 22.5. The molecule has 1 heterocycles. The molecule has 1 aliphatic heterocycles. The Morgan fingerprint density at radius 3 is 1.23 bits per heavy atom. The molecule has 1 aliphatic rings. The molecule has 0 bridgehead atoms. The van der Waals surface area contributed by atoms with Crippen LogP contribution in [0, 0.1) is 0 Å². The zero-order valence-corrected chi connectivity index (χ0v) is 48.5. The Hall–Kier alpha value is -1.67. The van der Waals surface area contributed by atoms with Crippen LogP contribution in [0.4, 0.5) is 0 Å². The zero-order valence-electron chi connectivity index (χ0n) is 48.5. The minimum absolute atomic E-state index is 0.254. The van der Waals surface area contributed by atoms with Crippen LogP contribution < -0.4 is 5.32 Å².